The maximum Gasteiger partial charge on any atom is 0.272 e. The summed E-state index contributed by atoms with van der Waals surface area (Å²) in [5.41, 5.74) is 3.22. The monoisotopic (exact) mass is 663 g/mol. The standard InChI is InChI=1S/C41H33N3O4S/c1-48-33-21-10-13-28(25-33)26-37(44-39(45)31-17-6-3-7-18-31)40(46)42-32-20-12-22-34(27-32)49-38(30-15-4-2-5-16-30)41(47)43-36-24-11-19-29-14-8-9-23-35(29)36/h2-27,38H,1H3,(H,42,46)(H,43,47)(H,44,45)/b37-26-. The normalized spacial score (nSPS) is 11.7. The molecule has 8 heteroatoms. The van der Waals surface area contributed by atoms with E-state index in [9.17, 15) is 14.4 Å². The molecular weight excluding hydrogens is 631 g/mol. The van der Waals surface area contributed by atoms with Crippen molar-refractivity contribution in [3.8, 4) is 5.75 Å². The number of carbonyl (C=O) groups is 3. The minimum absolute atomic E-state index is 0.0526. The maximum atomic E-state index is 13.9. The van der Waals surface area contributed by atoms with Crippen molar-refractivity contribution in [1.29, 1.82) is 0 Å². The van der Waals surface area contributed by atoms with Crippen LogP contribution in [0.4, 0.5) is 11.4 Å². The van der Waals surface area contributed by atoms with E-state index in [-0.39, 0.29) is 11.6 Å². The Morgan fingerprint density at radius 2 is 1.39 bits per heavy atom. The van der Waals surface area contributed by atoms with E-state index in [0.29, 0.717) is 22.6 Å². The number of carbonyl (C=O) groups excluding carboxylic acids is 3. The lowest BCUT2D eigenvalue weighted by atomic mass is 10.1. The molecule has 0 fully saturated rings. The van der Waals surface area contributed by atoms with Crippen LogP contribution in [0.3, 0.4) is 0 Å². The first-order chi connectivity index (χ1) is 24.0. The molecule has 242 valence electrons. The summed E-state index contributed by atoms with van der Waals surface area (Å²) in [6.45, 7) is 0. The molecule has 1 unspecified atom stereocenters. The third-order valence-corrected chi connectivity index (χ3v) is 8.92. The van der Waals surface area contributed by atoms with E-state index in [1.807, 2.05) is 103 Å². The SMILES string of the molecule is COc1cccc(/C=C(\NC(=O)c2ccccc2)C(=O)Nc2cccc(SC(C(=O)Nc3cccc4ccccc34)c3ccccc3)c2)c1. The molecule has 0 aliphatic carbocycles. The minimum atomic E-state index is -0.584. The van der Waals surface area contributed by atoms with Crippen LogP contribution in [0.5, 0.6) is 5.75 Å². The molecule has 0 heterocycles. The highest BCUT2D eigenvalue weighted by molar-refractivity contribution is 8.00. The van der Waals surface area contributed by atoms with Crippen molar-refractivity contribution in [3.63, 3.8) is 0 Å². The number of hydrogen-bond acceptors (Lipinski definition) is 5. The van der Waals surface area contributed by atoms with Gasteiger partial charge in [-0.1, -0.05) is 103 Å². The van der Waals surface area contributed by atoms with Crippen molar-refractivity contribution in [2.24, 2.45) is 0 Å². The maximum absolute atomic E-state index is 13.9. The van der Waals surface area contributed by atoms with Crippen molar-refractivity contribution < 1.29 is 19.1 Å². The van der Waals surface area contributed by atoms with Gasteiger partial charge < -0.3 is 20.7 Å². The lowest BCUT2D eigenvalue weighted by molar-refractivity contribution is -0.116. The Bertz CT molecular complexity index is 2130. The van der Waals surface area contributed by atoms with E-state index in [0.717, 1.165) is 26.9 Å². The Labute approximate surface area is 289 Å². The Morgan fingerprint density at radius 3 is 2.18 bits per heavy atom. The summed E-state index contributed by atoms with van der Waals surface area (Å²) in [5, 5.41) is 10.2. The molecule has 0 aromatic heterocycles. The number of nitrogens with one attached hydrogen (secondary N) is 3. The zero-order valence-electron chi connectivity index (χ0n) is 26.6. The molecule has 3 amide bonds. The number of hydrogen-bond donors (Lipinski definition) is 3. The quantitative estimate of drug-likeness (QED) is 0.0952. The molecule has 0 bridgehead atoms. The van der Waals surface area contributed by atoms with Crippen molar-refractivity contribution in [2.75, 3.05) is 17.7 Å². The number of benzene rings is 6. The van der Waals surface area contributed by atoms with Gasteiger partial charge in [0.1, 0.15) is 16.7 Å². The van der Waals surface area contributed by atoms with Crippen molar-refractivity contribution >= 4 is 57.7 Å². The zero-order valence-corrected chi connectivity index (χ0v) is 27.4. The molecule has 0 saturated heterocycles. The Hall–Kier alpha value is -6.12. The summed E-state index contributed by atoms with van der Waals surface area (Å²) < 4.78 is 5.34. The highest BCUT2D eigenvalue weighted by atomic mass is 32.2. The molecule has 6 aromatic carbocycles. The van der Waals surface area contributed by atoms with Crippen LogP contribution in [0.1, 0.15) is 26.7 Å². The van der Waals surface area contributed by atoms with Crippen molar-refractivity contribution in [3.05, 3.63) is 174 Å². The molecule has 3 N–H and O–H groups in total. The fourth-order valence-corrected chi connectivity index (χ4v) is 6.34. The number of thioether (sulfide) groups is 1. The summed E-state index contributed by atoms with van der Waals surface area (Å²) in [5.74, 6) is -0.487. The summed E-state index contributed by atoms with van der Waals surface area (Å²) >= 11 is 1.38. The van der Waals surface area contributed by atoms with Gasteiger partial charge >= 0.3 is 0 Å². The first-order valence-electron chi connectivity index (χ1n) is 15.6. The van der Waals surface area contributed by atoms with Crippen LogP contribution in [0.25, 0.3) is 16.8 Å². The third kappa shape index (κ3) is 8.43. The predicted molar refractivity (Wildman–Crippen MR) is 198 cm³/mol. The highest BCUT2D eigenvalue weighted by Gasteiger charge is 2.23. The fourth-order valence-electron chi connectivity index (χ4n) is 5.26. The fraction of sp³-hybridized carbons (Fsp3) is 0.0488. The van der Waals surface area contributed by atoms with Crippen LogP contribution in [0.2, 0.25) is 0 Å². The van der Waals surface area contributed by atoms with Gasteiger partial charge in [0, 0.05) is 27.2 Å². The smallest absolute Gasteiger partial charge is 0.272 e. The zero-order chi connectivity index (χ0) is 34.0. The molecule has 1 atom stereocenters. The van der Waals surface area contributed by atoms with Crippen LogP contribution in [0, 0.1) is 0 Å². The third-order valence-electron chi connectivity index (χ3n) is 7.67. The Morgan fingerprint density at radius 1 is 0.694 bits per heavy atom. The molecule has 6 rings (SSSR count). The number of amides is 3. The van der Waals surface area contributed by atoms with Crippen LogP contribution < -0.4 is 20.7 Å². The van der Waals surface area contributed by atoms with E-state index in [4.69, 9.17) is 4.74 Å². The number of rotatable bonds is 11. The van der Waals surface area contributed by atoms with Gasteiger partial charge in [-0.25, -0.2) is 0 Å². The van der Waals surface area contributed by atoms with Gasteiger partial charge in [0.15, 0.2) is 0 Å². The lowest BCUT2D eigenvalue weighted by Gasteiger charge is -2.18. The van der Waals surface area contributed by atoms with Gasteiger partial charge in [-0.05, 0) is 71.1 Å². The largest absolute Gasteiger partial charge is 0.497 e. The summed E-state index contributed by atoms with van der Waals surface area (Å²) in [7, 11) is 1.56. The summed E-state index contributed by atoms with van der Waals surface area (Å²) in [6, 6.07) is 46.5. The van der Waals surface area contributed by atoms with E-state index >= 15 is 0 Å². The highest BCUT2D eigenvalue weighted by Crippen LogP contribution is 2.38. The van der Waals surface area contributed by atoms with Gasteiger partial charge in [-0.2, -0.15) is 0 Å². The molecule has 7 nitrogen and oxygen atoms in total. The van der Waals surface area contributed by atoms with Crippen LogP contribution in [-0.2, 0) is 9.59 Å². The van der Waals surface area contributed by atoms with Gasteiger partial charge in [-0.15, -0.1) is 11.8 Å². The molecule has 6 aromatic rings. The van der Waals surface area contributed by atoms with Gasteiger partial charge in [0.25, 0.3) is 11.8 Å². The van der Waals surface area contributed by atoms with Gasteiger partial charge in [0.05, 0.1) is 7.11 Å². The topological polar surface area (TPSA) is 96.5 Å². The Balaban J connectivity index is 1.25. The number of ether oxygens (including phenoxy) is 1. The molecule has 0 saturated carbocycles. The molecule has 0 aliphatic heterocycles. The molecular formula is C41H33N3O4S. The van der Waals surface area contributed by atoms with Crippen LogP contribution in [0.15, 0.2) is 162 Å². The average molecular weight is 664 g/mol. The van der Waals surface area contributed by atoms with Crippen molar-refractivity contribution in [2.45, 2.75) is 10.1 Å². The summed E-state index contributed by atoms with van der Waals surface area (Å²) in [4.78, 5) is 41.5. The predicted octanol–water partition coefficient (Wildman–Crippen LogP) is 8.73. The molecule has 49 heavy (non-hydrogen) atoms. The first kappa shape index (κ1) is 32.8. The lowest BCUT2D eigenvalue weighted by Crippen LogP contribution is -2.30. The number of methoxy groups -OCH3 is 1. The van der Waals surface area contributed by atoms with Gasteiger partial charge in [-0.3, -0.25) is 14.4 Å². The number of anilines is 2. The van der Waals surface area contributed by atoms with Crippen LogP contribution in [-0.4, -0.2) is 24.8 Å². The van der Waals surface area contributed by atoms with E-state index in [2.05, 4.69) is 16.0 Å². The van der Waals surface area contributed by atoms with E-state index in [1.165, 1.54) is 11.8 Å². The second-order valence-corrected chi connectivity index (χ2v) is 12.2. The van der Waals surface area contributed by atoms with Gasteiger partial charge in [0.2, 0.25) is 5.91 Å². The van der Waals surface area contributed by atoms with Crippen molar-refractivity contribution in [1.82, 2.24) is 5.32 Å². The van der Waals surface area contributed by atoms with E-state index in [1.54, 1.807) is 61.7 Å². The molecule has 0 radical (unpaired) electrons. The molecule has 0 spiro atoms. The van der Waals surface area contributed by atoms with E-state index < -0.39 is 17.1 Å². The van der Waals surface area contributed by atoms with Crippen LogP contribution >= 0.6 is 11.8 Å². The average Bonchev–Trinajstić information content (AvgIpc) is 3.14. The summed E-state index contributed by atoms with van der Waals surface area (Å²) in [6.07, 6.45) is 1.60. The number of fused-ring (bicyclic) bond motifs is 1. The molecule has 0 aliphatic rings. The Kier molecular flexibility index (Phi) is 10.5. The first-order valence-corrected chi connectivity index (χ1v) is 16.5. The minimum Gasteiger partial charge on any atom is -0.497 e. The second kappa shape index (κ2) is 15.6. The second-order valence-electron chi connectivity index (χ2n) is 11.1.